The molecule has 1 aliphatic rings. The standard InChI is InChI=1S/C8H18N2O2S3/c11-15(12)9-7-13-5-3-1-2-4-6-14-8-10-15/h9-10H,1-8H2. The van der Waals surface area contributed by atoms with E-state index in [-0.39, 0.29) is 0 Å². The maximum Gasteiger partial charge on any atom is 0.278 e. The van der Waals surface area contributed by atoms with E-state index in [0.29, 0.717) is 11.8 Å². The first-order valence-corrected chi connectivity index (χ1v) is 8.90. The SMILES string of the molecule is O=S1(=O)NCSCCCCCCSCN1. The molecule has 1 rings (SSSR count). The van der Waals surface area contributed by atoms with Gasteiger partial charge in [0.1, 0.15) is 0 Å². The Morgan fingerprint density at radius 2 is 1.27 bits per heavy atom. The molecule has 0 atom stereocenters. The molecule has 1 heterocycles. The molecule has 4 nitrogen and oxygen atoms in total. The van der Waals surface area contributed by atoms with Crippen LogP contribution in [0.25, 0.3) is 0 Å². The largest absolute Gasteiger partial charge is 0.278 e. The van der Waals surface area contributed by atoms with Gasteiger partial charge in [-0.15, -0.1) is 23.5 Å². The van der Waals surface area contributed by atoms with E-state index in [2.05, 4.69) is 9.44 Å². The molecule has 0 unspecified atom stereocenters. The summed E-state index contributed by atoms with van der Waals surface area (Å²) in [6, 6.07) is 0. The highest BCUT2D eigenvalue weighted by Crippen LogP contribution is 2.10. The molecular weight excluding hydrogens is 252 g/mol. The Morgan fingerprint density at radius 3 is 1.73 bits per heavy atom. The van der Waals surface area contributed by atoms with E-state index in [0.717, 1.165) is 11.5 Å². The molecule has 0 radical (unpaired) electrons. The first-order chi connectivity index (χ1) is 7.21. The maximum atomic E-state index is 11.3. The molecule has 1 fully saturated rings. The molecule has 0 saturated carbocycles. The second-order valence-corrected chi connectivity index (χ2v) is 7.11. The van der Waals surface area contributed by atoms with Gasteiger partial charge in [-0.1, -0.05) is 12.8 Å². The number of hydrogen-bond acceptors (Lipinski definition) is 4. The third kappa shape index (κ3) is 7.46. The summed E-state index contributed by atoms with van der Waals surface area (Å²) in [5, 5.41) is 0. The Hall–Kier alpha value is 0.570. The molecule has 2 N–H and O–H groups in total. The molecule has 0 aromatic rings. The fourth-order valence-electron chi connectivity index (χ4n) is 1.20. The minimum Gasteiger partial charge on any atom is -0.195 e. The highest BCUT2D eigenvalue weighted by atomic mass is 32.2. The van der Waals surface area contributed by atoms with Crippen LogP contribution in [0, 0.1) is 0 Å². The van der Waals surface area contributed by atoms with Crippen molar-refractivity contribution >= 4 is 33.7 Å². The van der Waals surface area contributed by atoms with Crippen LogP contribution in [0.5, 0.6) is 0 Å². The van der Waals surface area contributed by atoms with Crippen LogP contribution in [0.4, 0.5) is 0 Å². The monoisotopic (exact) mass is 270 g/mol. The van der Waals surface area contributed by atoms with Crippen molar-refractivity contribution < 1.29 is 8.42 Å². The summed E-state index contributed by atoms with van der Waals surface area (Å²) in [4.78, 5) is 0. The third-order valence-corrected chi connectivity index (χ3v) is 5.30. The highest BCUT2D eigenvalue weighted by Gasteiger charge is 2.07. The van der Waals surface area contributed by atoms with Crippen molar-refractivity contribution in [2.45, 2.75) is 25.7 Å². The summed E-state index contributed by atoms with van der Waals surface area (Å²) in [5.41, 5.74) is 0. The van der Waals surface area contributed by atoms with Crippen molar-refractivity contribution in [2.24, 2.45) is 0 Å². The Balaban J connectivity index is 2.31. The number of nitrogens with one attached hydrogen (secondary N) is 2. The number of rotatable bonds is 0. The third-order valence-electron chi connectivity index (χ3n) is 2.03. The quantitative estimate of drug-likeness (QED) is 0.698. The molecule has 0 spiro atoms. The van der Waals surface area contributed by atoms with Gasteiger partial charge in [0.05, 0.1) is 11.8 Å². The lowest BCUT2D eigenvalue weighted by Gasteiger charge is -2.06. The topological polar surface area (TPSA) is 58.2 Å². The van der Waals surface area contributed by atoms with Crippen LogP contribution in [-0.4, -0.2) is 31.7 Å². The van der Waals surface area contributed by atoms with Gasteiger partial charge >= 0.3 is 0 Å². The molecule has 0 aromatic heterocycles. The zero-order valence-corrected chi connectivity index (χ0v) is 11.1. The van der Waals surface area contributed by atoms with E-state index in [1.807, 2.05) is 0 Å². The summed E-state index contributed by atoms with van der Waals surface area (Å²) >= 11 is 3.28. The molecule has 0 bridgehead atoms. The van der Waals surface area contributed by atoms with Crippen LogP contribution in [0.1, 0.15) is 25.7 Å². The highest BCUT2D eigenvalue weighted by molar-refractivity contribution is 8.01. The van der Waals surface area contributed by atoms with E-state index in [1.54, 1.807) is 23.5 Å². The summed E-state index contributed by atoms with van der Waals surface area (Å²) in [7, 11) is -3.26. The van der Waals surface area contributed by atoms with E-state index in [1.165, 1.54) is 25.7 Å². The lowest BCUT2D eigenvalue weighted by atomic mass is 10.2. The van der Waals surface area contributed by atoms with E-state index in [4.69, 9.17) is 0 Å². The van der Waals surface area contributed by atoms with Gasteiger partial charge in [0.15, 0.2) is 0 Å². The van der Waals surface area contributed by atoms with Crippen LogP contribution in [0.15, 0.2) is 0 Å². The maximum absolute atomic E-state index is 11.3. The van der Waals surface area contributed by atoms with Crippen LogP contribution in [0.2, 0.25) is 0 Å². The van der Waals surface area contributed by atoms with Gasteiger partial charge in [0.25, 0.3) is 10.2 Å². The molecule has 15 heavy (non-hydrogen) atoms. The Kier molecular flexibility index (Phi) is 7.07. The van der Waals surface area contributed by atoms with Gasteiger partial charge in [0, 0.05) is 0 Å². The fraction of sp³-hybridized carbons (Fsp3) is 1.00. The van der Waals surface area contributed by atoms with Crippen molar-refractivity contribution in [3.8, 4) is 0 Å². The molecule has 0 amide bonds. The molecule has 7 heteroatoms. The van der Waals surface area contributed by atoms with Crippen LogP contribution in [-0.2, 0) is 10.2 Å². The molecule has 0 aromatic carbocycles. The normalized spacial score (nSPS) is 25.9. The number of thioether (sulfide) groups is 2. The Bertz CT molecular complexity index is 237. The summed E-state index contributed by atoms with van der Waals surface area (Å²) in [6.45, 7) is 0. The van der Waals surface area contributed by atoms with Crippen LogP contribution >= 0.6 is 23.5 Å². The van der Waals surface area contributed by atoms with E-state index in [9.17, 15) is 8.42 Å². The average Bonchev–Trinajstić information content (AvgIpc) is 2.20. The van der Waals surface area contributed by atoms with Crippen molar-refractivity contribution in [1.29, 1.82) is 0 Å². The van der Waals surface area contributed by atoms with Crippen molar-refractivity contribution in [3.63, 3.8) is 0 Å². The van der Waals surface area contributed by atoms with Crippen molar-refractivity contribution in [1.82, 2.24) is 9.44 Å². The molecule has 1 saturated heterocycles. The second kappa shape index (κ2) is 7.78. The lowest BCUT2D eigenvalue weighted by Crippen LogP contribution is -2.36. The summed E-state index contributed by atoms with van der Waals surface area (Å²) < 4.78 is 27.7. The Labute approximate surface area is 101 Å². The number of hydrogen-bond donors (Lipinski definition) is 2. The predicted octanol–water partition coefficient (Wildman–Crippen LogP) is 1.37. The van der Waals surface area contributed by atoms with Gasteiger partial charge in [-0.3, -0.25) is 0 Å². The first kappa shape index (κ1) is 13.6. The van der Waals surface area contributed by atoms with Gasteiger partial charge in [-0.25, -0.2) is 0 Å². The zero-order valence-electron chi connectivity index (χ0n) is 8.70. The molecular formula is C8H18N2O2S3. The summed E-state index contributed by atoms with van der Waals surface area (Å²) in [6.07, 6.45) is 4.89. The first-order valence-electron chi connectivity index (χ1n) is 5.10. The molecule has 0 aliphatic carbocycles. The minimum absolute atomic E-state index is 0.472. The fourth-order valence-corrected chi connectivity index (χ4v) is 4.31. The Morgan fingerprint density at radius 1 is 0.800 bits per heavy atom. The smallest absolute Gasteiger partial charge is 0.195 e. The van der Waals surface area contributed by atoms with Gasteiger partial charge in [0.2, 0.25) is 0 Å². The molecule has 1 aliphatic heterocycles. The van der Waals surface area contributed by atoms with Crippen molar-refractivity contribution in [3.05, 3.63) is 0 Å². The second-order valence-electron chi connectivity index (χ2n) is 3.31. The zero-order chi connectivity index (χ0) is 11.0. The minimum atomic E-state index is -3.26. The van der Waals surface area contributed by atoms with Crippen LogP contribution < -0.4 is 9.44 Å². The average molecular weight is 270 g/mol. The lowest BCUT2D eigenvalue weighted by molar-refractivity contribution is 0.578. The predicted molar refractivity (Wildman–Crippen MR) is 68.3 cm³/mol. The van der Waals surface area contributed by atoms with Crippen LogP contribution in [0.3, 0.4) is 0 Å². The van der Waals surface area contributed by atoms with E-state index < -0.39 is 10.2 Å². The van der Waals surface area contributed by atoms with Gasteiger partial charge < -0.3 is 0 Å². The van der Waals surface area contributed by atoms with Crippen molar-refractivity contribution in [2.75, 3.05) is 23.3 Å². The molecule has 90 valence electrons. The van der Waals surface area contributed by atoms with Gasteiger partial charge in [-0.2, -0.15) is 17.9 Å². The summed E-state index contributed by atoms with van der Waals surface area (Å²) in [5.74, 6) is 3.02. The van der Waals surface area contributed by atoms with Gasteiger partial charge in [-0.05, 0) is 24.3 Å². The van der Waals surface area contributed by atoms with E-state index >= 15 is 0 Å².